The van der Waals surface area contributed by atoms with E-state index in [1.54, 1.807) is 24.3 Å². The molecule has 26 heavy (non-hydrogen) atoms. The number of carbonyl (C=O) groups excluding carboxylic acids is 1. The van der Waals surface area contributed by atoms with Crippen LogP contribution in [0.15, 0.2) is 54.9 Å². The molecule has 3 rings (SSSR count). The predicted octanol–water partition coefficient (Wildman–Crippen LogP) is 4.27. The maximum Gasteiger partial charge on any atom is 0.275 e. The van der Waals surface area contributed by atoms with Crippen LogP contribution in [0.1, 0.15) is 10.5 Å². The van der Waals surface area contributed by atoms with Gasteiger partial charge in [0.2, 0.25) is 0 Å². The van der Waals surface area contributed by atoms with E-state index in [9.17, 15) is 9.18 Å². The molecule has 0 aliphatic heterocycles. The molecule has 0 aliphatic rings. The van der Waals surface area contributed by atoms with Crippen molar-refractivity contribution in [2.24, 2.45) is 0 Å². The summed E-state index contributed by atoms with van der Waals surface area (Å²) in [5, 5.41) is 5.64. The molecule has 1 amide bonds. The first-order chi connectivity index (χ1) is 12.6. The van der Waals surface area contributed by atoms with Crippen molar-refractivity contribution in [3.05, 3.63) is 71.4 Å². The maximum absolute atomic E-state index is 13.2. The molecule has 8 heteroatoms. The first-order valence-electron chi connectivity index (χ1n) is 7.55. The molecular formula is C18H14ClFN4O2. The van der Waals surface area contributed by atoms with Gasteiger partial charge in [-0.1, -0.05) is 23.7 Å². The van der Waals surface area contributed by atoms with Crippen molar-refractivity contribution in [2.75, 3.05) is 17.7 Å². The molecule has 0 unspecified atom stereocenters. The minimum atomic E-state index is -0.508. The van der Waals surface area contributed by atoms with E-state index < -0.39 is 11.7 Å². The Balaban J connectivity index is 1.70. The zero-order chi connectivity index (χ0) is 18.5. The monoisotopic (exact) mass is 372 g/mol. The molecule has 0 bridgehead atoms. The molecule has 0 saturated heterocycles. The number of halogens is 2. The van der Waals surface area contributed by atoms with E-state index in [-0.39, 0.29) is 10.7 Å². The van der Waals surface area contributed by atoms with Gasteiger partial charge >= 0.3 is 0 Å². The van der Waals surface area contributed by atoms with E-state index in [2.05, 4.69) is 20.6 Å². The summed E-state index contributed by atoms with van der Waals surface area (Å²) >= 11 is 5.73. The fourth-order valence-electron chi connectivity index (χ4n) is 2.17. The minimum Gasteiger partial charge on any atom is -0.495 e. The number of carbonyl (C=O) groups is 1. The Kier molecular flexibility index (Phi) is 5.28. The lowest BCUT2D eigenvalue weighted by molar-refractivity contribution is 0.102. The number of nitrogens with zero attached hydrogens (tertiary/aromatic N) is 2. The van der Waals surface area contributed by atoms with Gasteiger partial charge in [-0.2, -0.15) is 0 Å². The highest BCUT2D eigenvalue weighted by molar-refractivity contribution is 6.31. The summed E-state index contributed by atoms with van der Waals surface area (Å²) in [6, 6.07) is 11.2. The van der Waals surface area contributed by atoms with Gasteiger partial charge in [0.1, 0.15) is 23.1 Å². The average molecular weight is 373 g/mol. The summed E-state index contributed by atoms with van der Waals surface area (Å²) < 4.78 is 18.4. The van der Waals surface area contributed by atoms with Gasteiger partial charge in [-0.15, -0.1) is 0 Å². The molecule has 1 heterocycles. The van der Waals surface area contributed by atoms with Crippen LogP contribution >= 0.6 is 11.6 Å². The van der Waals surface area contributed by atoms with Crippen LogP contribution in [0.5, 0.6) is 5.75 Å². The van der Waals surface area contributed by atoms with Crippen LogP contribution < -0.4 is 15.4 Å². The molecule has 1 aromatic heterocycles. The number of ether oxygens (including phenoxy) is 1. The lowest BCUT2D eigenvalue weighted by atomic mass is 10.3. The summed E-state index contributed by atoms with van der Waals surface area (Å²) in [5.41, 5.74) is 1.22. The second kappa shape index (κ2) is 7.79. The Morgan fingerprint density at radius 1 is 1.15 bits per heavy atom. The zero-order valence-electron chi connectivity index (χ0n) is 13.7. The first-order valence-corrected chi connectivity index (χ1v) is 7.93. The van der Waals surface area contributed by atoms with Gasteiger partial charge in [0.05, 0.1) is 30.2 Å². The van der Waals surface area contributed by atoms with Gasteiger partial charge in [-0.05, 0) is 30.3 Å². The van der Waals surface area contributed by atoms with Crippen LogP contribution in [0.2, 0.25) is 5.02 Å². The van der Waals surface area contributed by atoms with Crippen molar-refractivity contribution >= 4 is 34.7 Å². The number of aromatic nitrogens is 2. The van der Waals surface area contributed by atoms with Gasteiger partial charge in [-0.25, -0.2) is 14.4 Å². The molecule has 2 aromatic carbocycles. The number of rotatable bonds is 5. The zero-order valence-corrected chi connectivity index (χ0v) is 14.4. The van der Waals surface area contributed by atoms with E-state index in [0.29, 0.717) is 22.9 Å². The fraction of sp³-hybridized carbons (Fsp3) is 0.0556. The summed E-state index contributed by atoms with van der Waals surface area (Å²) in [7, 11) is 1.52. The number of hydrogen-bond acceptors (Lipinski definition) is 5. The second-order valence-electron chi connectivity index (χ2n) is 5.20. The minimum absolute atomic E-state index is 0.00392. The van der Waals surface area contributed by atoms with Crippen molar-refractivity contribution in [2.45, 2.75) is 0 Å². The van der Waals surface area contributed by atoms with E-state index in [4.69, 9.17) is 16.3 Å². The third-order valence-corrected chi connectivity index (χ3v) is 3.72. The Morgan fingerprint density at radius 3 is 2.65 bits per heavy atom. The van der Waals surface area contributed by atoms with E-state index in [0.717, 1.165) is 0 Å². The number of benzene rings is 2. The van der Waals surface area contributed by atoms with Crippen LogP contribution in [0.4, 0.5) is 21.6 Å². The molecular weight excluding hydrogens is 359 g/mol. The van der Waals surface area contributed by atoms with Gasteiger partial charge in [0.15, 0.2) is 0 Å². The largest absolute Gasteiger partial charge is 0.495 e. The predicted molar refractivity (Wildman–Crippen MR) is 97.7 cm³/mol. The SMILES string of the molecule is COc1ccccc1NC(=O)c1cnc(Nc2ccc(F)c(Cl)c2)cn1. The molecule has 0 saturated carbocycles. The van der Waals surface area contributed by atoms with Crippen LogP contribution in [-0.2, 0) is 0 Å². The molecule has 0 atom stereocenters. The number of anilines is 3. The highest BCUT2D eigenvalue weighted by atomic mass is 35.5. The summed E-state index contributed by atoms with van der Waals surface area (Å²) in [6.45, 7) is 0. The quantitative estimate of drug-likeness (QED) is 0.699. The molecule has 0 fully saturated rings. The number of amides is 1. The van der Waals surface area contributed by atoms with Gasteiger partial charge in [0, 0.05) is 5.69 Å². The lowest BCUT2D eigenvalue weighted by Crippen LogP contribution is -2.14. The highest BCUT2D eigenvalue weighted by Crippen LogP contribution is 2.24. The molecule has 0 aliphatic carbocycles. The van der Waals surface area contributed by atoms with Crippen LogP contribution in [0.3, 0.4) is 0 Å². The van der Waals surface area contributed by atoms with Crippen molar-refractivity contribution in [1.29, 1.82) is 0 Å². The van der Waals surface area contributed by atoms with Crippen molar-refractivity contribution in [3.63, 3.8) is 0 Å². The van der Waals surface area contributed by atoms with Crippen LogP contribution in [0, 0.1) is 5.82 Å². The smallest absolute Gasteiger partial charge is 0.275 e. The van der Waals surface area contributed by atoms with Gasteiger partial charge in [0.25, 0.3) is 5.91 Å². The standard InChI is InChI=1S/C18H14ClFN4O2/c1-26-16-5-3-2-4-14(16)24-18(25)15-9-22-17(10-21-15)23-11-6-7-13(20)12(19)8-11/h2-10H,1H3,(H,22,23)(H,24,25). The summed E-state index contributed by atoms with van der Waals surface area (Å²) in [5.74, 6) is 0.00633. The van der Waals surface area contributed by atoms with Crippen molar-refractivity contribution < 1.29 is 13.9 Å². The molecule has 0 radical (unpaired) electrons. The second-order valence-corrected chi connectivity index (χ2v) is 5.60. The lowest BCUT2D eigenvalue weighted by Gasteiger charge is -2.10. The van der Waals surface area contributed by atoms with E-state index >= 15 is 0 Å². The third kappa shape index (κ3) is 4.07. The summed E-state index contributed by atoms with van der Waals surface area (Å²) in [4.78, 5) is 20.5. The van der Waals surface area contributed by atoms with Gasteiger partial charge < -0.3 is 15.4 Å². The molecule has 132 valence electrons. The number of hydrogen-bond donors (Lipinski definition) is 2. The van der Waals surface area contributed by atoms with Crippen LogP contribution in [-0.4, -0.2) is 23.0 Å². The Bertz CT molecular complexity index is 935. The Hall–Kier alpha value is -3.19. The van der Waals surface area contributed by atoms with Crippen molar-refractivity contribution in [3.8, 4) is 5.75 Å². The topological polar surface area (TPSA) is 76.1 Å². The normalized spacial score (nSPS) is 10.3. The maximum atomic E-state index is 13.2. The first kappa shape index (κ1) is 17.6. The Morgan fingerprint density at radius 2 is 1.96 bits per heavy atom. The third-order valence-electron chi connectivity index (χ3n) is 3.43. The molecule has 0 spiro atoms. The fourth-order valence-corrected chi connectivity index (χ4v) is 2.35. The van der Waals surface area contributed by atoms with E-state index in [1.165, 1.54) is 37.7 Å². The highest BCUT2D eigenvalue weighted by Gasteiger charge is 2.11. The number of para-hydroxylation sites is 2. The summed E-state index contributed by atoms with van der Waals surface area (Å²) in [6.07, 6.45) is 2.73. The van der Waals surface area contributed by atoms with Gasteiger partial charge in [-0.3, -0.25) is 4.79 Å². The van der Waals surface area contributed by atoms with Crippen LogP contribution in [0.25, 0.3) is 0 Å². The molecule has 6 nitrogen and oxygen atoms in total. The number of nitrogens with one attached hydrogen (secondary N) is 2. The molecule has 2 N–H and O–H groups in total. The molecule has 3 aromatic rings. The van der Waals surface area contributed by atoms with E-state index in [1.807, 2.05) is 0 Å². The Labute approximate surface area is 154 Å². The van der Waals surface area contributed by atoms with Crippen molar-refractivity contribution in [1.82, 2.24) is 9.97 Å². The average Bonchev–Trinajstić information content (AvgIpc) is 2.66. The number of methoxy groups -OCH3 is 1.